The summed E-state index contributed by atoms with van der Waals surface area (Å²) in [5, 5.41) is 5.93. The minimum Gasteiger partial charge on any atom is -0.355 e. The molecule has 1 aromatic carbocycles. The molecular weight excluding hydrogens is 400 g/mol. The van der Waals surface area contributed by atoms with Gasteiger partial charge in [-0.25, -0.2) is 0 Å². The van der Waals surface area contributed by atoms with Gasteiger partial charge in [0.05, 0.1) is 11.4 Å². The van der Waals surface area contributed by atoms with Crippen molar-refractivity contribution in [2.75, 3.05) is 51.3 Å². The van der Waals surface area contributed by atoms with Crippen molar-refractivity contribution in [2.24, 2.45) is 11.3 Å². The molecule has 1 fully saturated rings. The molecule has 0 aliphatic carbocycles. The summed E-state index contributed by atoms with van der Waals surface area (Å²) in [5.74, 6) is 0.347. The number of hydrogen-bond donors (Lipinski definition) is 2. The highest BCUT2D eigenvalue weighted by Gasteiger charge is 2.29. The van der Waals surface area contributed by atoms with E-state index in [1.807, 2.05) is 26.2 Å². The number of carbonyl (C=O) groups is 3. The number of hydrogen-bond acceptors (Lipinski definition) is 5. The highest BCUT2D eigenvalue weighted by molar-refractivity contribution is 8.00. The second-order valence-electron chi connectivity index (χ2n) is 9.23. The van der Waals surface area contributed by atoms with E-state index in [0.29, 0.717) is 49.5 Å². The molecule has 0 aromatic heterocycles. The third-order valence-corrected chi connectivity index (χ3v) is 6.57. The first-order valence-corrected chi connectivity index (χ1v) is 11.4. The Hall–Kier alpha value is -2.06. The van der Waals surface area contributed by atoms with Gasteiger partial charge in [0.25, 0.3) is 5.91 Å². The van der Waals surface area contributed by atoms with Gasteiger partial charge in [-0.3, -0.25) is 14.4 Å². The van der Waals surface area contributed by atoms with Crippen LogP contribution in [0.25, 0.3) is 0 Å². The van der Waals surface area contributed by atoms with Gasteiger partial charge in [0.2, 0.25) is 11.8 Å². The normalized spacial score (nSPS) is 17.5. The van der Waals surface area contributed by atoms with Gasteiger partial charge in [-0.05, 0) is 50.6 Å². The van der Waals surface area contributed by atoms with E-state index in [1.165, 1.54) is 11.8 Å². The predicted molar refractivity (Wildman–Crippen MR) is 120 cm³/mol. The number of likely N-dealkylation sites (tertiary alicyclic amines) is 1. The zero-order valence-corrected chi connectivity index (χ0v) is 19.1. The Labute approximate surface area is 182 Å². The van der Waals surface area contributed by atoms with Crippen LogP contribution < -0.4 is 10.6 Å². The van der Waals surface area contributed by atoms with E-state index < -0.39 is 0 Å². The van der Waals surface area contributed by atoms with Crippen molar-refractivity contribution in [3.8, 4) is 0 Å². The summed E-state index contributed by atoms with van der Waals surface area (Å²) in [6, 6.07) is 5.47. The van der Waals surface area contributed by atoms with E-state index in [2.05, 4.69) is 29.4 Å². The maximum atomic E-state index is 12.9. The molecule has 2 N–H and O–H groups in total. The number of thioether (sulfide) groups is 1. The Bertz CT molecular complexity index is 817. The van der Waals surface area contributed by atoms with Crippen molar-refractivity contribution < 1.29 is 14.4 Å². The first-order valence-electron chi connectivity index (χ1n) is 10.4. The summed E-state index contributed by atoms with van der Waals surface area (Å²) < 4.78 is 0. The van der Waals surface area contributed by atoms with Crippen molar-refractivity contribution >= 4 is 35.2 Å². The highest BCUT2D eigenvalue weighted by Crippen LogP contribution is 2.32. The molecule has 0 saturated carbocycles. The lowest BCUT2D eigenvalue weighted by Gasteiger charge is -2.33. The first-order chi connectivity index (χ1) is 14.1. The number of piperidine rings is 1. The number of fused-ring (bicyclic) bond motifs is 1. The van der Waals surface area contributed by atoms with E-state index in [-0.39, 0.29) is 29.1 Å². The van der Waals surface area contributed by atoms with Crippen molar-refractivity contribution in [3.63, 3.8) is 0 Å². The average Bonchev–Trinajstić information content (AvgIpc) is 2.70. The van der Waals surface area contributed by atoms with Crippen LogP contribution in [0, 0.1) is 11.3 Å². The van der Waals surface area contributed by atoms with Crippen molar-refractivity contribution in [1.29, 1.82) is 0 Å². The summed E-state index contributed by atoms with van der Waals surface area (Å²) in [6.45, 7) is 6.97. The summed E-state index contributed by atoms with van der Waals surface area (Å²) >= 11 is 1.48. The fraction of sp³-hybridized carbons (Fsp3) is 0.591. The van der Waals surface area contributed by atoms with Crippen molar-refractivity contribution in [2.45, 2.75) is 31.6 Å². The topological polar surface area (TPSA) is 81.8 Å². The number of carbonyl (C=O) groups excluding carboxylic acids is 3. The fourth-order valence-corrected chi connectivity index (χ4v) is 4.91. The summed E-state index contributed by atoms with van der Waals surface area (Å²) in [4.78, 5) is 42.0. The molecule has 0 atom stereocenters. The van der Waals surface area contributed by atoms with Crippen LogP contribution in [0.1, 0.15) is 37.0 Å². The fourth-order valence-electron chi connectivity index (χ4n) is 4.13. The van der Waals surface area contributed by atoms with Gasteiger partial charge in [0.15, 0.2) is 0 Å². The average molecular weight is 433 g/mol. The molecule has 1 aromatic rings. The molecule has 2 aliphatic heterocycles. The molecule has 7 nitrogen and oxygen atoms in total. The number of rotatable bonds is 6. The number of anilines is 1. The smallest absolute Gasteiger partial charge is 0.253 e. The number of nitrogens with one attached hydrogen (secondary N) is 2. The highest BCUT2D eigenvalue weighted by atomic mass is 32.2. The Morgan fingerprint density at radius 3 is 2.63 bits per heavy atom. The molecule has 8 heteroatoms. The molecule has 0 radical (unpaired) electrons. The molecule has 2 heterocycles. The minimum absolute atomic E-state index is 0.00990. The Morgan fingerprint density at radius 1 is 1.27 bits per heavy atom. The van der Waals surface area contributed by atoms with Crippen molar-refractivity contribution in [3.05, 3.63) is 23.8 Å². The maximum absolute atomic E-state index is 12.9. The zero-order chi connectivity index (χ0) is 21.9. The Morgan fingerprint density at radius 2 is 1.97 bits per heavy atom. The standard InChI is InChI=1S/C22H32N4O3S/c1-22(2,14-25(3)4)13-23-20(28)15-7-9-26(10-8-15)21(29)16-5-6-18-17(11-16)24-19(27)12-30-18/h5-6,11,15H,7-10,12-14H2,1-4H3,(H,23,28)(H,24,27). The predicted octanol–water partition coefficient (Wildman–Crippen LogP) is 2.29. The van der Waals surface area contributed by atoms with E-state index in [0.717, 1.165) is 11.4 Å². The lowest BCUT2D eigenvalue weighted by molar-refractivity contribution is -0.126. The summed E-state index contributed by atoms with van der Waals surface area (Å²) in [6.07, 6.45) is 1.34. The van der Waals surface area contributed by atoms with Gasteiger partial charge in [0.1, 0.15) is 0 Å². The molecule has 2 aliphatic rings. The Balaban J connectivity index is 1.51. The molecule has 1 saturated heterocycles. The van der Waals surface area contributed by atoms with Gasteiger partial charge in [-0.2, -0.15) is 0 Å². The maximum Gasteiger partial charge on any atom is 0.253 e. The van der Waals surface area contributed by atoms with Gasteiger partial charge < -0.3 is 20.4 Å². The number of nitrogens with zero attached hydrogens (tertiary/aromatic N) is 2. The van der Waals surface area contributed by atoms with Crippen molar-refractivity contribution in [1.82, 2.24) is 15.1 Å². The molecular formula is C22H32N4O3S. The second-order valence-corrected chi connectivity index (χ2v) is 10.3. The summed E-state index contributed by atoms with van der Waals surface area (Å²) in [7, 11) is 4.07. The number of benzene rings is 1. The molecule has 164 valence electrons. The minimum atomic E-state index is -0.0524. The number of amides is 3. The van der Waals surface area contributed by atoms with Crippen LogP contribution in [0.5, 0.6) is 0 Å². The lowest BCUT2D eigenvalue weighted by atomic mass is 9.91. The van der Waals surface area contributed by atoms with E-state index in [9.17, 15) is 14.4 Å². The molecule has 0 bridgehead atoms. The van der Waals surface area contributed by atoms with Crippen LogP contribution >= 0.6 is 11.8 Å². The second kappa shape index (κ2) is 9.39. The molecule has 30 heavy (non-hydrogen) atoms. The zero-order valence-electron chi connectivity index (χ0n) is 18.3. The Kier molecular flexibility index (Phi) is 7.08. The van der Waals surface area contributed by atoms with Crippen LogP contribution in [0.2, 0.25) is 0 Å². The largest absolute Gasteiger partial charge is 0.355 e. The third-order valence-electron chi connectivity index (χ3n) is 5.50. The quantitative estimate of drug-likeness (QED) is 0.721. The van der Waals surface area contributed by atoms with Crippen LogP contribution in [-0.4, -0.2) is 73.5 Å². The monoisotopic (exact) mass is 432 g/mol. The van der Waals surface area contributed by atoms with Crippen LogP contribution in [0.3, 0.4) is 0 Å². The van der Waals surface area contributed by atoms with Crippen LogP contribution in [0.15, 0.2) is 23.1 Å². The SMILES string of the molecule is CN(C)CC(C)(C)CNC(=O)C1CCN(C(=O)c2ccc3c(c2)NC(=O)CS3)CC1. The molecule has 3 amide bonds. The van der Waals surface area contributed by atoms with E-state index in [1.54, 1.807) is 11.0 Å². The van der Waals surface area contributed by atoms with Gasteiger partial charge in [-0.15, -0.1) is 11.8 Å². The lowest BCUT2D eigenvalue weighted by Crippen LogP contribution is -2.46. The molecule has 0 spiro atoms. The first kappa shape index (κ1) is 22.6. The van der Waals surface area contributed by atoms with Gasteiger partial charge >= 0.3 is 0 Å². The van der Waals surface area contributed by atoms with E-state index >= 15 is 0 Å². The van der Waals surface area contributed by atoms with Crippen LogP contribution in [-0.2, 0) is 9.59 Å². The van der Waals surface area contributed by atoms with E-state index in [4.69, 9.17) is 0 Å². The van der Waals surface area contributed by atoms with Gasteiger partial charge in [0, 0.05) is 42.6 Å². The third kappa shape index (κ3) is 5.76. The molecule has 3 rings (SSSR count). The molecule has 0 unspecified atom stereocenters. The van der Waals surface area contributed by atoms with Crippen LogP contribution in [0.4, 0.5) is 5.69 Å². The van der Waals surface area contributed by atoms with Gasteiger partial charge in [-0.1, -0.05) is 13.8 Å². The summed E-state index contributed by atoms with van der Waals surface area (Å²) in [5.41, 5.74) is 1.29.